The summed E-state index contributed by atoms with van der Waals surface area (Å²) in [6, 6.07) is 9.47. The van der Waals surface area contributed by atoms with Gasteiger partial charge >= 0.3 is 0 Å². The highest BCUT2D eigenvalue weighted by molar-refractivity contribution is 8.15. The number of hydrogen-bond acceptors (Lipinski definition) is 4. The van der Waals surface area contributed by atoms with Crippen LogP contribution in [0.1, 0.15) is 12.5 Å². The summed E-state index contributed by atoms with van der Waals surface area (Å²) in [5, 5.41) is 0.682. The number of fused-ring (bicyclic) bond motifs is 1. The van der Waals surface area contributed by atoms with Crippen LogP contribution in [0.2, 0.25) is 0 Å². The lowest BCUT2D eigenvalue weighted by Gasteiger charge is -2.22. The van der Waals surface area contributed by atoms with Crippen molar-refractivity contribution in [1.29, 1.82) is 0 Å². The minimum atomic E-state index is -2.95. The summed E-state index contributed by atoms with van der Waals surface area (Å²) >= 11 is 1.43. The molecular formula is C15H18N2O3S2. The molecule has 3 rings (SSSR count). The average Bonchev–Trinajstić information content (AvgIpc) is 2.90. The SMILES string of the molecule is CCN1C(=NC(=O)Cc2ccccc2)S[C@H]2CS(=O)(=O)C[C@H]21. The lowest BCUT2D eigenvalue weighted by Crippen LogP contribution is -2.37. The van der Waals surface area contributed by atoms with E-state index in [1.54, 1.807) is 0 Å². The van der Waals surface area contributed by atoms with Crippen LogP contribution >= 0.6 is 11.8 Å². The number of aliphatic imine (C=N–C) groups is 1. The van der Waals surface area contributed by atoms with E-state index in [1.807, 2.05) is 42.2 Å². The third-order valence-electron chi connectivity index (χ3n) is 3.93. The van der Waals surface area contributed by atoms with Crippen molar-refractivity contribution in [3.63, 3.8) is 0 Å². The Morgan fingerprint density at radius 1 is 1.32 bits per heavy atom. The molecule has 2 saturated heterocycles. The van der Waals surface area contributed by atoms with Gasteiger partial charge < -0.3 is 4.90 Å². The van der Waals surface area contributed by atoms with E-state index in [-0.39, 0.29) is 35.1 Å². The molecular weight excluding hydrogens is 320 g/mol. The summed E-state index contributed by atoms with van der Waals surface area (Å²) < 4.78 is 23.5. The van der Waals surface area contributed by atoms with Crippen LogP contribution in [0.4, 0.5) is 0 Å². The topological polar surface area (TPSA) is 66.8 Å². The summed E-state index contributed by atoms with van der Waals surface area (Å²) in [6.45, 7) is 2.63. The molecule has 2 aliphatic heterocycles. The molecule has 0 radical (unpaired) electrons. The Bertz CT molecular complexity index is 701. The van der Waals surface area contributed by atoms with Gasteiger partial charge in [0.05, 0.1) is 24.0 Å². The monoisotopic (exact) mass is 338 g/mol. The van der Waals surface area contributed by atoms with Crippen molar-refractivity contribution in [2.24, 2.45) is 4.99 Å². The molecule has 5 nitrogen and oxygen atoms in total. The predicted octanol–water partition coefficient (Wildman–Crippen LogP) is 1.35. The van der Waals surface area contributed by atoms with Gasteiger partial charge in [0.2, 0.25) is 0 Å². The first-order valence-corrected chi connectivity index (χ1v) is 9.98. The van der Waals surface area contributed by atoms with Gasteiger partial charge in [0.25, 0.3) is 5.91 Å². The van der Waals surface area contributed by atoms with Gasteiger partial charge in [-0.3, -0.25) is 4.79 Å². The molecule has 0 aliphatic carbocycles. The first-order chi connectivity index (χ1) is 10.5. The molecule has 0 saturated carbocycles. The third-order valence-corrected chi connectivity index (χ3v) is 7.18. The van der Waals surface area contributed by atoms with Gasteiger partial charge in [0, 0.05) is 11.8 Å². The zero-order valence-corrected chi connectivity index (χ0v) is 13.9. The molecule has 22 heavy (non-hydrogen) atoms. The van der Waals surface area contributed by atoms with Gasteiger partial charge in [-0.25, -0.2) is 8.42 Å². The van der Waals surface area contributed by atoms with Crippen LogP contribution < -0.4 is 0 Å². The van der Waals surface area contributed by atoms with Crippen LogP contribution in [0.25, 0.3) is 0 Å². The highest BCUT2D eigenvalue weighted by Gasteiger charge is 2.48. The second-order valence-electron chi connectivity index (χ2n) is 5.54. The summed E-state index contributed by atoms with van der Waals surface area (Å²) in [5.74, 6) is 0.171. The molecule has 1 aromatic rings. The van der Waals surface area contributed by atoms with Crippen LogP contribution in [-0.4, -0.2) is 53.7 Å². The van der Waals surface area contributed by atoms with E-state index in [0.29, 0.717) is 11.7 Å². The normalized spacial score (nSPS) is 28.0. The minimum Gasteiger partial charge on any atom is -0.346 e. The van der Waals surface area contributed by atoms with Gasteiger partial charge in [-0.2, -0.15) is 4.99 Å². The number of nitrogens with zero attached hydrogens (tertiary/aromatic N) is 2. The van der Waals surface area contributed by atoms with Gasteiger partial charge in [-0.05, 0) is 12.5 Å². The third kappa shape index (κ3) is 3.20. The largest absolute Gasteiger partial charge is 0.346 e. The lowest BCUT2D eigenvalue weighted by molar-refractivity contribution is -0.117. The van der Waals surface area contributed by atoms with Gasteiger partial charge in [-0.1, -0.05) is 42.1 Å². The Morgan fingerprint density at radius 2 is 2.05 bits per heavy atom. The van der Waals surface area contributed by atoms with Crippen LogP contribution in [0.15, 0.2) is 35.3 Å². The van der Waals surface area contributed by atoms with E-state index in [2.05, 4.69) is 4.99 Å². The Balaban J connectivity index is 1.73. The number of sulfone groups is 1. The second kappa shape index (κ2) is 6.04. The molecule has 1 aromatic carbocycles. The molecule has 1 amide bonds. The molecule has 118 valence electrons. The standard InChI is InChI=1S/C15H18N2O3S2/c1-2-17-12-9-22(19,20)10-13(12)21-15(17)16-14(18)8-11-6-4-3-5-7-11/h3-7,12-13H,2,8-10H2,1H3/t12-,13+/m1/s1. The van der Waals surface area contributed by atoms with Crippen LogP contribution in [0, 0.1) is 0 Å². The summed E-state index contributed by atoms with van der Waals surface area (Å²) in [7, 11) is -2.95. The summed E-state index contributed by atoms with van der Waals surface area (Å²) in [4.78, 5) is 18.3. The molecule has 2 atom stereocenters. The molecule has 0 spiro atoms. The predicted molar refractivity (Wildman–Crippen MR) is 88.8 cm³/mol. The van der Waals surface area contributed by atoms with Crippen molar-refractivity contribution in [3.8, 4) is 0 Å². The molecule has 0 unspecified atom stereocenters. The van der Waals surface area contributed by atoms with E-state index < -0.39 is 9.84 Å². The molecule has 7 heteroatoms. The fourth-order valence-electron chi connectivity index (χ4n) is 2.92. The summed E-state index contributed by atoms with van der Waals surface area (Å²) in [5.41, 5.74) is 0.936. The number of carbonyl (C=O) groups excluding carboxylic acids is 1. The van der Waals surface area contributed by atoms with E-state index in [1.165, 1.54) is 11.8 Å². The van der Waals surface area contributed by atoms with E-state index in [4.69, 9.17) is 0 Å². The molecule has 2 aliphatic rings. The molecule has 0 N–H and O–H groups in total. The number of benzene rings is 1. The van der Waals surface area contributed by atoms with E-state index in [9.17, 15) is 13.2 Å². The smallest absolute Gasteiger partial charge is 0.252 e. The zero-order chi connectivity index (χ0) is 15.7. The Kier molecular flexibility index (Phi) is 4.27. The number of thioether (sulfide) groups is 1. The number of rotatable bonds is 3. The minimum absolute atomic E-state index is 0.00762. The fourth-order valence-corrected chi connectivity index (χ4v) is 6.95. The maximum Gasteiger partial charge on any atom is 0.252 e. The average molecular weight is 338 g/mol. The molecule has 2 heterocycles. The second-order valence-corrected chi connectivity index (χ2v) is 8.90. The lowest BCUT2D eigenvalue weighted by atomic mass is 10.1. The van der Waals surface area contributed by atoms with Crippen molar-refractivity contribution in [2.75, 3.05) is 18.1 Å². The van der Waals surface area contributed by atoms with Crippen molar-refractivity contribution in [3.05, 3.63) is 35.9 Å². The van der Waals surface area contributed by atoms with Crippen LogP contribution in [0.3, 0.4) is 0 Å². The van der Waals surface area contributed by atoms with Crippen molar-refractivity contribution in [2.45, 2.75) is 24.6 Å². The molecule has 0 aromatic heterocycles. The molecule has 0 bridgehead atoms. The first kappa shape index (κ1) is 15.6. The van der Waals surface area contributed by atoms with Crippen molar-refractivity contribution >= 4 is 32.7 Å². The van der Waals surface area contributed by atoms with Crippen molar-refractivity contribution in [1.82, 2.24) is 4.90 Å². The fraction of sp³-hybridized carbons (Fsp3) is 0.467. The maximum atomic E-state index is 12.1. The Labute approximate surface area is 134 Å². The molecule has 2 fully saturated rings. The van der Waals surface area contributed by atoms with Crippen LogP contribution in [0.5, 0.6) is 0 Å². The first-order valence-electron chi connectivity index (χ1n) is 7.27. The maximum absolute atomic E-state index is 12.1. The Morgan fingerprint density at radius 3 is 2.73 bits per heavy atom. The van der Waals surface area contributed by atoms with Crippen molar-refractivity contribution < 1.29 is 13.2 Å². The van der Waals surface area contributed by atoms with Crippen LogP contribution in [-0.2, 0) is 21.1 Å². The summed E-state index contributed by atoms with van der Waals surface area (Å²) in [6.07, 6.45) is 0.274. The zero-order valence-electron chi connectivity index (χ0n) is 12.3. The van der Waals surface area contributed by atoms with Gasteiger partial charge in [0.1, 0.15) is 0 Å². The number of amides is 1. The Hall–Kier alpha value is -1.34. The van der Waals surface area contributed by atoms with Gasteiger partial charge in [0.15, 0.2) is 15.0 Å². The van der Waals surface area contributed by atoms with Gasteiger partial charge in [-0.15, -0.1) is 0 Å². The highest BCUT2D eigenvalue weighted by Crippen LogP contribution is 2.37. The number of amidine groups is 1. The highest BCUT2D eigenvalue weighted by atomic mass is 32.2. The number of hydrogen-bond donors (Lipinski definition) is 0. The quantitative estimate of drug-likeness (QED) is 0.832. The van der Waals surface area contributed by atoms with E-state index in [0.717, 1.165) is 5.56 Å². The van der Waals surface area contributed by atoms with E-state index >= 15 is 0 Å². The number of carbonyl (C=O) groups is 1.